The average molecular weight is 354 g/mol. The summed E-state index contributed by atoms with van der Waals surface area (Å²) in [7, 11) is -21.0. The van der Waals surface area contributed by atoms with Gasteiger partial charge in [0.15, 0.2) is 0 Å². The van der Waals surface area contributed by atoms with Crippen LogP contribution in [0.3, 0.4) is 0 Å². The van der Waals surface area contributed by atoms with E-state index < -0.39 is 48.5 Å². The number of halogens is 10. The van der Waals surface area contributed by atoms with E-state index in [0.717, 1.165) is 0 Å². The highest BCUT2D eigenvalue weighted by molar-refractivity contribution is 8.45. The van der Waals surface area contributed by atoms with Gasteiger partial charge in [-0.1, -0.05) is 38.9 Å². The minimum atomic E-state index is -10.5. The Kier molecular flexibility index (Phi) is 2.82. The highest BCUT2D eigenvalue weighted by atomic mass is 32.5. The molecule has 0 aliphatic heterocycles. The molecule has 0 unspecified atom stereocenters. The van der Waals surface area contributed by atoms with E-state index in [1.165, 1.54) is 0 Å². The number of carbonyl (C=O) groups is 2. The van der Waals surface area contributed by atoms with Crippen molar-refractivity contribution >= 4 is 32.6 Å². The molecule has 0 heterocycles. The fraction of sp³-hybridized carbons (Fsp3) is 0.333. The molecule has 0 aliphatic rings. The molecule has 2 N–H and O–H groups in total. The van der Waals surface area contributed by atoms with E-state index >= 15 is 0 Å². The van der Waals surface area contributed by atoms with Crippen LogP contribution in [0.15, 0.2) is 0 Å². The van der Waals surface area contributed by atoms with Crippen LogP contribution in [-0.2, 0) is 9.59 Å². The molecule has 0 bridgehead atoms. The van der Waals surface area contributed by atoms with Gasteiger partial charge in [-0.25, -0.2) is 9.44 Å². The van der Waals surface area contributed by atoms with Gasteiger partial charge in [0, 0.05) is 0 Å². The molecule has 0 spiro atoms. The fourth-order valence-electron chi connectivity index (χ4n) is 0.648. The molecule has 2 amide bonds. The Morgan fingerprint density at radius 2 is 0.842 bits per heavy atom. The maximum absolute atomic E-state index is 11.6. The molecular formula is C3H4F10N2O2S2. The molecule has 0 aliphatic carbocycles. The van der Waals surface area contributed by atoms with Crippen molar-refractivity contribution in [1.82, 2.24) is 9.44 Å². The van der Waals surface area contributed by atoms with Crippen LogP contribution >= 0.6 is 20.8 Å². The molecule has 0 fully saturated rings. The first-order chi connectivity index (χ1) is 7.45. The molecular weight excluding hydrogens is 350 g/mol. The Bertz CT molecular complexity index is 389. The summed E-state index contributed by atoms with van der Waals surface area (Å²) in [6.07, 6.45) is -2.52. The zero-order valence-corrected chi connectivity index (χ0v) is 9.75. The Morgan fingerprint density at radius 1 is 0.632 bits per heavy atom. The van der Waals surface area contributed by atoms with Gasteiger partial charge in [-0.15, -0.1) is 0 Å². The third-order valence-corrected chi connectivity index (χ3v) is 2.16. The maximum atomic E-state index is 11.6. The van der Waals surface area contributed by atoms with Gasteiger partial charge >= 0.3 is 20.8 Å². The number of rotatable bonds is 4. The predicted octanol–water partition coefficient (Wildman–Crippen LogP) is 4.04. The molecule has 19 heavy (non-hydrogen) atoms. The number of hydrogen-bond donors (Lipinski definition) is 2. The van der Waals surface area contributed by atoms with Crippen LogP contribution in [0.2, 0.25) is 0 Å². The summed E-state index contributed by atoms with van der Waals surface area (Å²) in [5.74, 6) is -5.84. The van der Waals surface area contributed by atoms with Crippen molar-refractivity contribution < 1.29 is 48.4 Å². The molecule has 4 nitrogen and oxygen atoms in total. The largest absolute Gasteiger partial charge is 0.364 e. The summed E-state index contributed by atoms with van der Waals surface area (Å²) in [5.41, 5.74) is 0. The van der Waals surface area contributed by atoms with Crippen LogP contribution in [0.25, 0.3) is 0 Å². The van der Waals surface area contributed by atoms with Crippen molar-refractivity contribution in [3.05, 3.63) is 0 Å². The molecule has 0 saturated carbocycles. The lowest BCUT2D eigenvalue weighted by molar-refractivity contribution is -0.127. The van der Waals surface area contributed by atoms with Gasteiger partial charge in [-0.2, -0.15) is 0 Å². The van der Waals surface area contributed by atoms with Gasteiger partial charge in [0.25, 0.3) is 0 Å². The smallest absolute Gasteiger partial charge is 0.273 e. The molecule has 0 rings (SSSR count). The summed E-state index contributed by atoms with van der Waals surface area (Å²) in [6, 6.07) is 0. The van der Waals surface area contributed by atoms with Crippen LogP contribution in [-0.4, -0.2) is 11.8 Å². The second-order valence-corrected chi connectivity index (χ2v) is 7.45. The lowest BCUT2D eigenvalue weighted by Crippen LogP contribution is -2.40. The second-order valence-electron chi connectivity index (χ2n) is 3.17. The summed E-state index contributed by atoms with van der Waals surface area (Å²) in [6.45, 7) is 0. The van der Waals surface area contributed by atoms with Crippen LogP contribution < -0.4 is 9.44 Å². The Balaban J connectivity index is 4.79. The average Bonchev–Trinajstić information content (AvgIpc) is 1.64. The van der Waals surface area contributed by atoms with E-state index in [4.69, 9.17) is 0 Å². The lowest BCUT2D eigenvalue weighted by atomic mass is 10.4. The van der Waals surface area contributed by atoms with E-state index in [9.17, 15) is 48.4 Å². The molecule has 0 aromatic rings. The standard InChI is InChI=1S/C3H4F10N2O2S2/c4-18(5,6,7,8)14-2(16)1-3(17)15-19(9,10,11,12)13/h1H2,(H,14,16)(H,15,17). The molecule has 16 heteroatoms. The van der Waals surface area contributed by atoms with Gasteiger partial charge in [-0.05, 0) is 0 Å². The van der Waals surface area contributed by atoms with Crippen LogP contribution in [0.4, 0.5) is 38.9 Å². The van der Waals surface area contributed by atoms with E-state index in [2.05, 4.69) is 0 Å². The molecule has 0 atom stereocenters. The van der Waals surface area contributed by atoms with E-state index in [0.29, 0.717) is 0 Å². The van der Waals surface area contributed by atoms with Gasteiger partial charge in [0.1, 0.15) is 6.42 Å². The van der Waals surface area contributed by atoms with Crippen LogP contribution in [0.1, 0.15) is 6.42 Å². The minimum absolute atomic E-state index is 0.901. The molecule has 0 aromatic heterocycles. The SMILES string of the molecule is O=C(CC(=O)NS(F)(F)(F)(F)F)NS(F)(F)(F)(F)F. The Morgan fingerprint density at radius 3 is 1.00 bits per heavy atom. The Labute approximate surface area is 97.8 Å². The summed E-state index contributed by atoms with van der Waals surface area (Å²) < 4.78 is 114. The van der Waals surface area contributed by atoms with Crippen LogP contribution in [0.5, 0.6) is 0 Å². The lowest BCUT2D eigenvalue weighted by Gasteiger charge is -2.41. The highest BCUT2D eigenvalue weighted by Gasteiger charge is 2.66. The van der Waals surface area contributed by atoms with Gasteiger partial charge in [-0.3, -0.25) is 9.59 Å². The van der Waals surface area contributed by atoms with Crippen molar-refractivity contribution in [2.45, 2.75) is 6.42 Å². The summed E-state index contributed by atoms with van der Waals surface area (Å²) in [4.78, 5) is 20.5. The summed E-state index contributed by atoms with van der Waals surface area (Å²) >= 11 is 0. The third kappa shape index (κ3) is 13.2. The van der Waals surface area contributed by atoms with Crippen molar-refractivity contribution in [2.24, 2.45) is 0 Å². The number of amides is 2. The first-order valence-electron chi connectivity index (χ1n) is 3.57. The predicted molar refractivity (Wildman–Crippen MR) is 47.2 cm³/mol. The second kappa shape index (κ2) is 2.99. The third-order valence-electron chi connectivity index (χ3n) is 0.935. The topological polar surface area (TPSA) is 58.2 Å². The van der Waals surface area contributed by atoms with Crippen molar-refractivity contribution in [2.75, 3.05) is 0 Å². The van der Waals surface area contributed by atoms with E-state index in [-0.39, 0.29) is 0 Å². The van der Waals surface area contributed by atoms with Gasteiger partial charge in [0.2, 0.25) is 11.8 Å². The molecule has 120 valence electrons. The summed E-state index contributed by atoms with van der Waals surface area (Å²) in [5, 5.41) is 0. The first-order valence-corrected chi connectivity index (χ1v) is 7.47. The normalized spacial score (nSPS) is 20.3. The van der Waals surface area contributed by atoms with E-state index in [1.807, 2.05) is 0 Å². The van der Waals surface area contributed by atoms with Crippen molar-refractivity contribution in [1.29, 1.82) is 0 Å². The Hall–Kier alpha value is -1.06. The zero-order valence-electron chi connectivity index (χ0n) is 8.12. The minimum Gasteiger partial charge on any atom is -0.273 e. The maximum Gasteiger partial charge on any atom is 0.364 e. The number of carbonyl (C=O) groups excluding carboxylic acids is 2. The quantitative estimate of drug-likeness (QED) is 0.591. The first kappa shape index (κ1) is 17.9. The molecule has 0 aromatic carbocycles. The molecule has 0 saturated heterocycles. The monoisotopic (exact) mass is 354 g/mol. The van der Waals surface area contributed by atoms with E-state index in [1.54, 1.807) is 0 Å². The van der Waals surface area contributed by atoms with Gasteiger partial charge < -0.3 is 0 Å². The van der Waals surface area contributed by atoms with Crippen LogP contribution in [0, 0.1) is 0 Å². The van der Waals surface area contributed by atoms with Gasteiger partial charge in [0.05, 0.1) is 0 Å². The molecule has 0 radical (unpaired) electrons. The van der Waals surface area contributed by atoms with Crippen molar-refractivity contribution in [3.8, 4) is 0 Å². The zero-order chi connectivity index (χ0) is 16.1. The highest BCUT2D eigenvalue weighted by Crippen LogP contribution is 2.95. The van der Waals surface area contributed by atoms with Crippen molar-refractivity contribution in [3.63, 3.8) is 0 Å². The number of hydrogen-bond acceptors (Lipinski definition) is 2. The number of nitrogens with one attached hydrogen (secondary N) is 2. The fourth-order valence-corrected chi connectivity index (χ4v) is 1.65.